The van der Waals surface area contributed by atoms with Crippen LogP contribution in [0.25, 0.3) is 0 Å². The zero-order valence-electron chi connectivity index (χ0n) is 10.3. The SMILES string of the molecule is CC1(Nc2ccc(C(N)=S)cc2Br)CCCOC1. The van der Waals surface area contributed by atoms with Crippen molar-refractivity contribution in [3.63, 3.8) is 0 Å². The number of rotatable bonds is 3. The Hall–Kier alpha value is -0.650. The Balaban J connectivity index is 2.16. The fourth-order valence-electron chi connectivity index (χ4n) is 2.13. The lowest BCUT2D eigenvalue weighted by Crippen LogP contribution is -2.43. The minimum Gasteiger partial charge on any atom is -0.389 e. The summed E-state index contributed by atoms with van der Waals surface area (Å²) < 4.78 is 6.51. The molecule has 0 aliphatic carbocycles. The van der Waals surface area contributed by atoms with Crippen molar-refractivity contribution in [3.8, 4) is 0 Å². The van der Waals surface area contributed by atoms with Crippen molar-refractivity contribution in [2.24, 2.45) is 5.73 Å². The van der Waals surface area contributed by atoms with Crippen molar-refractivity contribution < 1.29 is 4.74 Å². The summed E-state index contributed by atoms with van der Waals surface area (Å²) >= 11 is 8.51. The second kappa shape index (κ2) is 5.55. The number of hydrogen-bond donors (Lipinski definition) is 2. The predicted molar refractivity (Wildman–Crippen MR) is 82.1 cm³/mol. The number of ether oxygens (including phenoxy) is 1. The lowest BCUT2D eigenvalue weighted by Gasteiger charge is -2.35. The van der Waals surface area contributed by atoms with Crippen LogP contribution in [0.1, 0.15) is 25.3 Å². The molecule has 0 bridgehead atoms. The summed E-state index contributed by atoms with van der Waals surface area (Å²) in [4.78, 5) is 0.412. The van der Waals surface area contributed by atoms with Crippen LogP contribution in [0.3, 0.4) is 0 Å². The van der Waals surface area contributed by atoms with Crippen LogP contribution in [0.15, 0.2) is 22.7 Å². The Labute approximate surface area is 121 Å². The van der Waals surface area contributed by atoms with E-state index in [2.05, 4.69) is 28.2 Å². The van der Waals surface area contributed by atoms with Gasteiger partial charge in [0.2, 0.25) is 0 Å². The molecule has 0 spiro atoms. The quantitative estimate of drug-likeness (QED) is 0.837. The van der Waals surface area contributed by atoms with Crippen LogP contribution in [0.4, 0.5) is 5.69 Å². The normalized spacial score (nSPS) is 23.7. The molecule has 1 aromatic rings. The summed E-state index contributed by atoms with van der Waals surface area (Å²) in [5.41, 5.74) is 7.52. The van der Waals surface area contributed by atoms with E-state index in [1.54, 1.807) is 0 Å². The first kappa shape index (κ1) is 13.8. The van der Waals surface area contributed by atoms with Gasteiger partial charge in [0, 0.05) is 22.3 Å². The molecular formula is C13H17BrN2OS. The van der Waals surface area contributed by atoms with Crippen molar-refractivity contribution in [1.29, 1.82) is 0 Å². The fourth-order valence-corrected chi connectivity index (χ4v) is 2.73. The summed E-state index contributed by atoms with van der Waals surface area (Å²) in [7, 11) is 0. The van der Waals surface area contributed by atoms with Gasteiger partial charge in [0.25, 0.3) is 0 Å². The first-order valence-corrected chi connectivity index (χ1v) is 7.16. The van der Waals surface area contributed by atoms with Gasteiger partial charge in [-0.1, -0.05) is 12.2 Å². The second-order valence-electron chi connectivity index (χ2n) is 4.90. The first-order valence-electron chi connectivity index (χ1n) is 5.95. The Morgan fingerprint density at radius 2 is 2.33 bits per heavy atom. The largest absolute Gasteiger partial charge is 0.389 e. The van der Waals surface area contributed by atoms with Crippen LogP contribution in [0.2, 0.25) is 0 Å². The number of benzene rings is 1. The van der Waals surface area contributed by atoms with E-state index in [0.29, 0.717) is 4.99 Å². The number of nitrogens with one attached hydrogen (secondary N) is 1. The molecule has 1 heterocycles. The van der Waals surface area contributed by atoms with Crippen LogP contribution < -0.4 is 11.1 Å². The molecule has 0 aromatic heterocycles. The van der Waals surface area contributed by atoms with Crippen molar-refractivity contribution in [2.45, 2.75) is 25.3 Å². The molecule has 0 saturated carbocycles. The van der Waals surface area contributed by atoms with E-state index in [0.717, 1.165) is 41.8 Å². The van der Waals surface area contributed by atoms with Crippen LogP contribution in [-0.4, -0.2) is 23.7 Å². The number of nitrogens with two attached hydrogens (primary N) is 1. The molecule has 1 atom stereocenters. The molecule has 1 aliphatic heterocycles. The summed E-state index contributed by atoms with van der Waals surface area (Å²) in [5, 5.41) is 3.54. The van der Waals surface area contributed by atoms with E-state index >= 15 is 0 Å². The van der Waals surface area contributed by atoms with Crippen molar-refractivity contribution in [2.75, 3.05) is 18.5 Å². The molecule has 0 radical (unpaired) electrons. The fraction of sp³-hybridized carbons (Fsp3) is 0.462. The maximum Gasteiger partial charge on any atom is 0.104 e. The molecule has 3 nitrogen and oxygen atoms in total. The third kappa shape index (κ3) is 3.22. The van der Waals surface area contributed by atoms with Crippen molar-refractivity contribution in [1.82, 2.24) is 0 Å². The van der Waals surface area contributed by atoms with E-state index in [4.69, 9.17) is 22.7 Å². The molecule has 2 rings (SSSR count). The minimum absolute atomic E-state index is 0.00842. The highest BCUT2D eigenvalue weighted by atomic mass is 79.9. The molecular weight excluding hydrogens is 312 g/mol. The molecule has 18 heavy (non-hydrogen) atoms. The highest BCUT2D eigenvalue weighted by Crippen LogP contribution is 2.29. The van der Waals surface area contributed by atoms with Gasteiger partial charge in [-0.15, -0.1) is 0 Å². The van der Waals surface area contributed by atoms with Crippen LogP contribution in [-0.2, 0) is 4.74 Å². The Morgan fingerprint density at radius 1 is 1.56 bits per heavy atom. The number of hydrogen-bond acceptors (Lipinski definition) is 3. The minimum atomic E-state index is -0.00842. The number of anilines is 1. The van der Waals surface area contributed by atoms with Gasteiger partial charge in [-0.3, -0.25) is 0 Å². The van der Waals surface area contributed by atoms with E-state index in [9.17, 15) is 0 Å². The average molecular weight is 329 g/mol. The van der Waals surface area contributed by atoms with Gasteiger partial charge in [-0.2, -0.15) is 0 Å². The Morgan fingerprint density at radius 3 is 2.89 bits per heavy atom. The van der Waals surface area contributed by atoms with E-state index in [1.165, 1.54) is 0 Å². The Kier molecular flexibility index (Phi) is 4.25. The van der Waals surface area contributed by atoms with Crippen LogP contribution in [0, 0.1) is 0 Å². The van der Waals surface area contributed by atoms with E-state index in [-0.39, 0.29) is 5.54 Å². The summed E-state index contributed by atoms with van der Waals surface area (Å²) in [6.45, 7) is 3.77. The zero-order chi connectivity index (χ0) is 13.2. The van der Waals surface area contributed by atoms with Crippen molar-refractivity contribution in [3.05, 3.63) is 28.2 Å². The smallest absolute Gasteiger partial charge is 0.104 e. The molecule has 1 aliphatic rings. The van der Waals surface area contributed by atoms with Crippen LogP contribution in [0.5, 0.6) is 0 Å². The third-order valence-electron chi connectivity index (χ3n) is 3.13. The van der Waals surface area contributed by atoms with Gasteiger partial charge < -0.3 is 15.8 Å². The predicted octanol–water partition coefficient (Wildman–Crippen LogP) is 3.06. The molecule has 1 unspecified atom stereocenters. The summed E-state index contributed by atoms with van der Waals surface area (Å²) in [6, 6.07) is 5.87. The standard InChI is InChI=1S/C13H17BrN2OS/c1-13(5-2-6-17-8-13)16-11-4-3-9(12(15)18)7-10(11)14/h3-4,7,16H,2,5-6,8H2,1H3,(H2,15,18). The highest BCUT2D eigenvalue weighted by molar-refractivity contribution is 9.10. The van der Waals surface area contributed by atoms with E-state index in [1.807, 2.05) is 18.2 Å². The Bertz CT molecular complexity index is 458. The van der Waals surface area contributed by atoms with Gasteiger partial charge in [0.1, 0.15) is 4.99 Å². The van der Waals surface area contributed by atoms with Crippen molar-refractivity contribution >= 4 is 38.8 Å². The summed E-state index contributed by atoms with van der Waals surface area (Å²) in [6.07, 6.45) is 2.20. The number of halogens is 1. The van der Waals surface area contributed by atoms with E-state index < -0.39 is 0 Å². The zero-order valence-corrected chi connectivity index (χ0v) is 12.7. The molecule has 0 amide bonds. The second-order valence-corrected chi connectivity index (χ2v) is 6.19. The monoisotopic (exact) mass is 328 g/mol. The molecule has 98 valence electrons. The maximum atomic E-state index is 5.61. The lowest BCUT2D eigenvalue weighted by atomic mass is 9.94. The molecule has 1 aromatic carbocycles. The first-order chi connectivity index (χ1) is 8.50. The molecule has 1 fully saturated rings. The average Bonchev–Trinajstić information content (AvgIpc) is 2.32. The van der Waals surface area contributed by atoms with Gasteiger partial charge >= 0.3 is 0 Å². The maximum absolute atomic E-state index is 5.61. The molecule has 5 heteroatoms. The lowest BCUT2D eigenvalue weighted by molar-refractivity contribution is 0.0540. The molecule has 1 saturated heterocycles. The molecule has 3 N–H and O–H groups in total. The third-order valence-corrected chi connectivity index (χ3v) is 4.02. The number of thiocarbonyl (C=S) groups is 1. The van der Waals surface area contributed by atoms with Gasteiger partial charge in [-0.25, -0.2) is 0 Å². The topological polar surface area (TPSA) is 47.3 Å². The highest BCUT2D eigenvalue weighted by Gasteiger charge is 2.27. The van der Waals surface area contributed by atoms with Crippen LogP contribution >= 0.6 is 28.1 Å². The van der Waals surface area contributed by atoms with Gasteiger partial charge in [-0.05, 0) is 53.9 Å². The van der Waals surface area contributed by atoms with Gasteiger partial charge in [0.15, 0.2) is 0 Å². The van der Waals surface area contributed by atoms with Gasteiger partial charge in [0.05, 0.1) is 12.1 Å². The summed E-state index contributed by atoms with van der Waals surface area (Å²) in [5.74, 6) is 0.